The fourth-order valence-electron chi connectivity index (χ4n) is 1.96. The molecule has 1 unspecified atom stereocenters. The van der Waals surface area contributed by atoms with E-state index >= 15 is 0 Å². The van der Waals surface area contributed by atoms with E-state index in [-0.39, 0.29) is 18.6 Å². The molecule has 1 aromatic rings. The molecule has 0 spiro atoms. The average Bonchev–Trinajstić information content (AvgIpc) is 2.49. The zero-order valence-corrected chi connectivity index (χ0v) is 12.4. The summed E-state index contributed by atoms with van der Waals surface area (Å²) in [5, 5.41) is 26.0. The van der Waals surface area contributed by atoms with Crippen LogP contribution in [0.5, 0.6) is 0 Å². The van der Waals surface area contributed by atoms with Crippen molar-refractivity contribution in [3.8, 4) is 0 Å². The lowest BCUT2D eigenvalue weighted by Gasteiger charge is -2.23. The van der Waals surface area contributed by atoms with Gasteiger partial charge in [-0.25, -0.2) is 4.79 Å². The number of aliphatic hydroxyl groups is 1. The molecule has 1 aliphatic rings. The van der Waals surface area contributed by atoms with Gasteiger partial charge in [-0.05, 0) is 25.3 Å². The van der Waals surface area contributed by atoms with Crippen LogP contribution >= 0.6 is 0 Å². The minimum atomic E-state index is -1.08. The number of aliphatic hydroxyl groups excluding tert-OH is 1. The van der Waals surface area contributed by atoms with Crippen molar-refractivity contribution in [2.75, 3.05) is 6.61 Å². The van der Waals surface area contributed by atoms with Crippen LogP contribution in [0.4, 0.5) is 0 Å². The standard InChI is InChI=1S/C9H10O4.C8H10O/c1-9(8(12)13)4-2-3-6(5-9)7(10)11;9-7-6-8-4-2-1-3-5-8/h2-4H,5H2,1H3,(H,10,11)(H,12,13);1-5,9H,6-7H2. The van der Waals surface area contributed by atoms with Gasteiger partial charge in [0.05, 0.1) is 5.41 Å². The Morgan fingerprint density at radius 3 is 2.32 bits per heavy atom. The number of hydrogen-bond donors (Lipinski definition) is 3. The monoisotopic (exact) mass is 304 g/mol. The number of allylic oxidation sites excluding steroid dienone is 2. The smallest absolute Gasteiger partial charge is 0.331 e. The van der Waals surface area contributed by atoms with E-state index in [1.54, 1.807) is 0 Å². The highest BCUT2D eigenvalue weighted by atomic mass is 16.4. The lowest BCUT2D eigenvalue weighted by Crippen LogP contribution is -2.28. The summed E-state index contributed by atoms with van der Waals surface area (Å²) in [6.07, 6.45) is 5.20. The molecule has 0 heterocycles. The van der Waals surface area contributed by atoms with Gasteiger partial charge in [-0.2, -0.15) is 0 Å². The number of carboxylic acid groups (broad SMARTS) is 2. The molecule has 5 heteroatoms. The summed E-state index contributed by atoms with van der Waals surface area (Å²) in [5.74, 6) is -2.06. The summed E-state index contributed by atoms with van der Waals surface area (Å²) >= 11 is 0. The van der Waals surface area contributed by atoms with E-state index in [1.165, 1.54) is 30.7 Å². The first-order valence-electron chi connectivity index (χ1n) is 6.89. The molecule has 0 radical (unpaired) electrons. The van der Waals surface area contributed by atoms with Crippen molar-refractivity contribution >= 4 is 11.9 Å². The number of hydrogen-bond acceptors (Lipinski definition) is 3. The molecule has 0 amide bonds. The molecule has 3 N–H and O–H groups in total. The number of aliphatic carboxylic acids is 2. The quantitative estimate of drug-likeness (QED) is 0.793. The van der Waals surface area contributed by atoms with Crippen LogP contribution < -0.4 is 0 Å². The third-order valence-electron chi connectivity index (χ3n) is 3.33. The van der Waals surface area contributed by atoms with Crippen LogP contribution in [0.2, 0.25) is 0 Å². The van der Waals surface area contributed by atoms with Gasteiger partial charge in [0.2, 0.25) is 0 Å². The van der Waals surface area contributed by atoms with Crippen LogP contribution in [-0.4, -0.2) is 33.9 Å². The average molecular weight is 304 g/mol. The summed E-state index contributed by atoms with van der Waals surface area (Å²) in [6, 6.07) is 9.95. The first-order chi connectivity index (χ1) is 10.4. The fraction of sp³-hybridized carbons (Fsp3) is 0.294. The van der Waals surface area contributed by atoms with Crippen LogP contribution in [0.3, 0.4) is 0 Å². The predicted octanol–water partition coefficient (Wildman–Crippen LogP) is 2.27. The molecule has 118 valence electrons. The largest absolute Gasteiger partial charge is 0.481 e. The van der Waals surface area contributed by atoms with Crippen LogP contribution in [0, 0.1) is 5.41 Å². The summed E-state index contributed by atoms with van der Waals surface area (Å²) in [5.41, 5.74) is 0.245. The first kappa shape index (κ1) is 17.7. The molecule has 1 aliphatic carbocycles. The van der Waals surface area contributed by atoms with Crippen molar-refractivity contribution in [3.05, 3.63) is 59.7 Å². The molecule has 0 aliphatic heterocycles. The Bertz CT molecular complexity index is 574. The number of rotatable bonds is 4. The van der Waals surface area contributed by atoms with E-state index in [2.05, 4.69) is 0 Å². The molecule has 0 fully saturated rings. The molecule has 2 rings (SSSR count). The number of carboxylic acids is 2. The Kier molecular flexibility index (Phi) is 6.53. The van der Waals surface area contributed by atoms with Crippen molar-refractivity contribution in [2.45, 2.75) is 19.8 Å². The zero-order valence-electron chi connectivity index (χ0n) is 12.4. The van der Waals surface area contributed by atoms with E-state index in [4.69, 9.17) is 15.3 Å². The zero-order chi connectivity index (χ0) is 16.6. The first-order valence-corrected chi connectivity index (χ1v) is 6.89. The van der Waals surface area contributed by atoms with E-state index in [0.29, 0.717) is 0 Å². The summed E-state index contributed by atoms with van der Waals surface area (Å²) in [7, 11) is 0. The van der Waals surface area contributed by atoms with Crippen LogP contribution in [0.15, 0.2) is 54.1 Å². The Hall–Kier alpha value is -2.40. The van der Waals surface area contributed by atoms with Crippen molar-refractivity contribution in [2.24, 2.45) is 5.41 Å². The molecular formula is C17H20O5. The van der Waals surface area contributed by atoms with Gasteiger partial charge in [0.1, 0.15) is 0 Å². The number of benzene rings is 1. The van der Waals surface area contributed by atoms with Crippen LogP contribution in [-0.2, 0) is 16.0 Å². The highest BCUT2D eigenvalue weighted by Gasteiger charge is 2.34. The third kappa shape index (κ3) is 5.18. The minimum absolute atomic E-state index is 0.0359. The second kappa shape index (κ2) is 8.14. The van der Waals surface area contributed by atoms with Gasteiger partial charge in [0.25, 0.3) is 0 Å². The molecular weight excluding hydrogens is 284 g/mol. The fourth-order valence-corrected chi connectivity index (χ4v) is 1.96. The topological polar surface area (TPSA) is 94.8 Å². The molecule has 0 bridgehead atoms. The molecule has 0 saturated heterocycles. The molecule has 1 aromatic carbocycles. The maximum absolute atomic E-state index is 10.8. The van der Waals surface area contributed by atoms with Gasteiger partial charge < -0.3 is 15.3 Å². The van der Waals surface area contributed by atoms with Crippen LogP contribution in [0.1, 0.15) is 18.9 Å². The highest BCUT2D eigenvalue weighted by Crippen LogP contribution is 2.31. The van der Waals surface area contributed by atoms with Gasteiger partial charge in [0.15, 0.2) is 0 Å². The van der Waals surface area contributed by atoms with Crippen molar-refractivity contribution < 1.29 is 24.9 Å². The lowest BCUT2D eigenvalue weighted by atomic mass is 9.80. The molecule has 5 nitrogen and oxygen atoms in total. The second-order valence-electron chi connectivity index (χ2n) is 5.21. The van der Waals surface area contributed by atoms with E-state index in [1.807, 2.05) is 30.3 Å². The normalized spacial score (nSPS) is 19.6. The SMILES string of the molecule is CC1(C(=O)O)C=CC=C(C(=O)O)C1.OCCc1ccccc1. The minimum Gasteiger partial charge on any atom is -0.481 e. The Morgan fingerprint density at radius 2 is 1.82 bits per heavy atom. The Morgan fingerprint density at radius 1 is 1.18 bits per heavy atom. The summed E-state index contributed by atoms with van der Waals surface area (Å²) in [4.78, 5) is 21.3. The van der Waals surface area contributed by atoms with E-state index < -0.39 is 17.4 Å². The van der Waals surface area contributed by atoms with Gasteiger partial charge in [-0.3, -0.25) is 4.79 Å². The van der Waals surface area contributed by atoms with Crippen molar-refractivity contribution in [1.82, 2.24) is 0 Å². The predicted molar refractivity (Wildman–Crippen MR) is 82.5 cm³/mol. The van der Waals surface area contributed by atoms with Crippen molar-refractivity contribution in [3.63, 3.8) is 0 Å². The Labute approximate surface area is 129 Å². The second-order valence-corrected chi connectivity index (χ2v) is 5.21. The summed E-state index contributed by atoms with van der Waals surface area (Å²) in [6.45, 7) is 1.74. The van der Waals surface area contributed by atoms with Gasteiger partial charge in [-0.1, -0.05) is 48.6 Å². The van der Waals surface area contributed by atoms with Gasteiger partial charge in [0, 0.05) is 12.2 Å². The number of carbonyl (C=O) groups is 2. The van der Waals surface area contributed by atoms with Gasteiger partial charge in [-0.15, -0.1) is 0 Å². The third-order valence-corrected chi connectivity index (χ3v) is 3.33. The molecule has 1 atom stereocenters. The molecule has 0 saturated carbocycles. The maximum atomic E-state index is 10.8. The maximum Gasteiger partial charge on any atom is 0.331 e. The van der Waals surface area contributed by atoms with Crippen molar-refractivity contribution in [1.29, 1.82) is 0 Å². The lowest BCUT2D eigenvalue weighted by molar-refractivity contribution is -0.145. The summed E-state index contributed by atoms with van der Waals surface area (Å²) < 4.78 is 0. The van der Waals surface area contributed by atoms with Crippen LogP contribution in [0.25, 0.3) is 0 Å². The molecule has 0 aromatic heterocycles. The highest BCUT2D eigenvalue weighted by molar-refractivity contribution is 5.90. The Balaban J connectivity index is 0.000000235. The van der Waals surface area contributed by atoms with E-state index in [9.17, 15) is 9.59 Å². The molecule has 22 heavy (non-hydrogen) atoms. The van der Waals surface area contributed by atoms with Gasteiger partial charge >= 0.3 is 11.9 Å². The van der Waals surface area contributed by atoms with E-state index in [0.717, 1.165) is 6.42 Å².